The number of halogens is 1. The average Bonchev–Trinajstić information content (AvgIpc) is 2.50. The summed E-state index contributed by atoms with van der Waals surface area (Å²) >= 11 is 0. The van der Waals surface area contributed by atoms with Crippen molar-refractivity contribution >= 4 is 17.5 Å². The summed E-state index contributed by atoms with van der Waals surface area (Å²) in [5.41, 5.74) is 0.597. The number of para-hydroxylation sites is 1. The van der Waals surface area contributed by atoms with Crippen LogP contribution >= 0.6 is 0 Å². The Balaban J connectivity index is 1.99. The molecule has 0 unspecified atom stereocenters. The van der Waals surface area contributed by atoms with E-state index in [1.807, 2.05) is 0 Å². The van der Waals surface area contributed by atoms with Crippen LogP contribution in [0.15, 0.2) is 36.7 Å². The third kappa shape index (κ3) is 4.22. The van der Waals surface area contributed by atoms with Crippen molar-refractivity contribution in [2.24, 2.45) is 0 Å². The number of nitrogens with zero attached hydrogens (tertiary/aromatic N) is 2. The van der Waals surface area contributed by atoms with Gasteiger partial charge in [0.15, 0.2) is 0 Å². The van der Waals surface area contributed by atoms with Crippen LogP contribution in [0.5, 0.6) is 0 Å². The zero-order valence-electron chi connectivity index (χ0n) is 11.5. The minimum absolute atomic E-state index is 0.216. The molecular formula is C14H15FN4O2. The molecule has 7 heteroatoms. The van der Waals surface area contributed by atoms with E-state index in [2.05, 4.69) is 20.6 Å². The molecule has 2 N–H and O–H groups in total. The van der Waals surface area contributed by atoms with Crippen molar-refractivity contribution < 1.29 is 13.9 Å². The number of carbonyl (C=O) groups is 1. The molecule has 0 atom stereocenters. The van der Waals surface area contributed by atoms with E-state index < -0.39 is 5.82 Å². The van der Waals surface area contributed by atoms with Gasteiger partial charge in [-0.2, -0.15) is 0 Å². The fourth-order valence-electron chi connectivity index (χ4n) is 1.56. The van der Waals surface area contributed by atoms with Crippen LogP contribution in [0.2, 0.25) is 0 Å². The van der Waals surface area contributed by atoms with E-state index in [0.717, 1.165) is 0 Å². The lowest BCUT2D eigenvalue weighted by molar-refractivity contribution is 0.0936. The maximum atomic E-state index is 13.5. The molecule has 2 aromatic rings. The quantitative estimate of drug-likeness (QED) is 0.792. The van der Waals surface area contributed by atoms with Gasteiger partial charge in [-0.25, -0.2) is 14.4 Å². The van der Waals surface area contributed by atoms with Crippen molar-refractivity contribution in [3.63, 3.8) is 0 Å². The standard InChI is InChI=1S/C14H15FN4O2/c1-21-7-6-16-13(20)10-8-17-14(18-9-10)19-12-5-3-2-4-11(12)15/h2-5,8-9H,6-7H2,1H3,(H,16,20)(H,17,18,19). The predicted octanol–water partition coefficient (Wildman–Crippen LogP) is 1.74. The lowest BCUT2D eigenvalue weighted by atomic mass is 10.3. The number of methoxy groups -OCH3 is 1. The Labute approximate surface area is 121 Å². The maximum Gasteiger partial charge on any atom is 0.254 e. The summed E-state index contributed by atoms with van der Waals surface area (Å²) in [7, 11) is 1.55. The average molecular weight is 290 g/mol. The SMILES string of the molecule is COCCNC(=O)c1cnc(Nc2ccccc2F)nc1. The molecule has 0 saturated heterocycles. The molecule has 0 bridgehead atoms. The molecule has 0 radical (unpaired) electrons. The second kappa shape index (κ2) is 7.30. The van der Waals surface area contributed by atoms with E-state index >= 15 is 0 Å². The van der Waals surface area contributed by atoms with Gasteiger partial charge in [-0.1, -0.05) is 12.1 Å². The molecule has 110 valence electrons. The fourth-order valence-corrected chi connectivity index (χ4v) is 1.56. The van der Waals surface area contributed by atoms with E-state index in [1.54, 1.807) is 25.3 Å². The molecule has 0 saturated carbocycles. The molecule has 0 fully saturated rings. The smallest absolute Gasteiger partial charge is 0.254 e. The van der Waals surface area contributed by atoms with Crippen molar-refractivity contribution in [2.75, 3.05) is 25.6 Å². The first-order valence-corrected chi connectivity index (χ1v) is 6.31. The third-order valence-corrected chi connectivity index (χ3v) is 2.63. The van der Waals surface area contributed by atoms with Crippen LogP contribution in [0.3, 0.4) is 0 Å². The summed E-state index contributed by atoms with van der Waals surface area (Å²) in [5, 5.41) is 5.40. The molecule has 0 spiro atoms. The van der Waals surface area contributed by atoms with Gasteiger partial charge >= 0.3 is 0 Å². The van der Waals surface area contributed by atoms with Crippen LogP contribution < -0.4 is 10.6 Å². The Morgan fingerprint density at radius 2 is 2.00 bits per heavy atom. The van der Waals surface area contributed by atoms with Crippen molar-refractivity contribution in [3.8, 4) is 0 Å². The summed E-state index contributed by atoms with van der Waals surface area (Å²) in [6.45, 7) is 0.837. The molecule has 6 nitrogen and oxygen atoms in total. The zero-order chi connectivity index (χ0) is 15.1. The van der Waals surface area contributed by atoms with Gasteiger partial charge in [0.05, 0.1) is 17.9 Å². The minimum Gasteiger partial charge on any atom is -0.383 e. The number of aromatic nitrogens is 2. The normalized spacial score (nSPS) is 10.2. The van der Waals surface area contributed by atoms with Crippen molar-refractivity contribution in [1.82, 2.24) is 15.3 Å². The summed E-state index contributed by atoms with van der Waals surface area (Å²) in [5.74, 6) is -0.472. The van der Waals surface area contributed by atoms with Crippen LogP contribution in [-0.4, -0.2) is 36.1 Å². The Bertz CT molecular complexity index is 604. The highest BCUT2D eigenvalue weighted by atomic mass is 19.1. The zero-order valence-corrected chi connectivity index (χ0v) is 11.5. The number of carbonyl (C=O) groups excluding carboxylic acids is 1. The fraction of sp³-hybridized carbons (Fsp3) is 0.214. The lowest BCUT2D eigenvalue weighted by Gasteiger charge is -2.07. The monoisotopic (exact) mass is 290 g/mol. The van der Waals surface area contributed by atoms with Gasteiger partial charge in [0, 0.05) is 26.0 Å². The topological polar surface area (TPSA) is 76.1 Å². The Kier molecular flexibility index (Phi) is 5.16. The Morgan fingerprint density at radius 1 is 1.29 bits per heavy atom. The van der Waals surface area contributed by atoms with E-state index in [9.17, 15) is 9.18 Å². The number of amides is 1. The van der Waals surface area contributed by atoms with Crippen molar-refractivity contribution in [1.29, 1.82) is 0 Å². The van der Waals surface area contributed by atoms with Crippen LogP contribution in [0.1, 0.15) is 10.4 Å². The largest absolute Gasteiger partial charge is 0.383 e. The first-order valence-electron chi connectivity index (χ1n) is 6.31. The number of rotatable bonds is 6. The van der Waals surface area contributed by atoms with E-state index in [-0.39, 0.29) is 17.5 Å². The first kappa shape index (κ1) is 14.9. The molecule has 1 aromatic carbocycles. The van der Waals surface area contributed by atoms with Crippen molar-refractivity contribution in [2.45, 2.75) is 0 Å². The summed E-state index contributed by atoms with van der Waals surface area (Å²) in [6, 6.07) is 6.20. The molecule has 0 aliphatic carbocycles. The third-order valence-electron chi connectivity index (χ3n) is 2.63. The van der Waals surface area contributed by atoms with Gasteiger partial charge in [-0.05, 0) is 12.1 Å². The minimum atomic E-state index is -0.400. The number of anilines is 2. The molecule has 0 aliphatic rings. The van der Waals surface area contributed by atoms with Gasteiger partial charge in [-0.15, -0.1) is 0 Å². The van der Waals surface area contributed by atoms with Crippen LogP contribution in [0, 0.1) is 5.82 Å². The second-order valence-corrected chi connectivity index (χ2v) is 4.15. The highest BCUT2D eigenvalue weighted by Gasteiger charge is 2.07. The summed E-state index contributed by atoms with van der Waals surface area (Å²) in [6.07, 6.45) is 2.75. The van der Waals surface area contributed by atoms with Crippen LogP contribution in [0.25, 0.3) is 0 Å². The molecule has 1 aromatic heterocycles. The molecule has 1 heterocycles. The maximum absolute atomic E-state index is 13.5. The summed E-state index contributed by atoms with van der Waals surface area (Å²) < 4.78 is 18.3. The number of hydrogen-bond donors (Lipinski definition) is 2. The van der Waals surface area contributed by atoms with Gasteiger partial charge in [0.25, 0.3) is 5.91 Å². The molecule has 0 aliphatic heterocycles. The van der Waals surface area contributed by atoms with Crippen LogP contribution in [0.4, 0.5) is 16.0 Å². The predicted molar refractivity (Wildman–Crippen MR) is 75.9 cm³/mol. The first-order chi connectivity index (χ1) is 10.2. The van der Waals surface area contributed by atoms with Crippen LogP contribution in [-0.2, 0) is 4.74 Å². The lowest BCUT2D eigenvalue weighted by Crippen LogP contribution is -2.27. The molecular weight excluding hydrogens is 275 g/mol. The van der Waals surface area contributed by atoms with Gasteiger partial charge in [-0.3, -0.25) is 4.79 Å². The van der Waals surface area contributed by atoms with E-state index in [0.29, 0.717) is 18.7 Å². The Morgan fingerprint density at radius 3 is 2.67 bits per heavy atom. The summed E-state index contributed by atoms with van der Waals surface area (Å²) in [4.78, 5) is 19.7. The Hall–Kier alpha value is -2.54. The number of nitrogens with one attached hydrogen (secondary N) is 2. The highest BCUT2D eigenvalue weighted by Crippen LogP contribution is 2.16. The highest BCUT2D eigenvalue weighted by molar-refractivity contribution is 5.93. The van der Waals surface area contributed by atoms with E-state index in [1.165, 1.54) is 18.5 Å². The molecule has 1 amide bonds. The molecule has 21 heavy (non-hydrogen) atoms. The number of ether oxygens (including phenoxy) is 1. The van der Waals surface area contributed by atoms with Gasteiger partial charge < -0.3 is 15.4 Å². The second-order valence-electron chi connectivity index (χ2n) is 4.15. The van der Waals surface area contributed by atoms with Crippen molar-refractivity contribution in [3.05, 3.63) is 48.0 Å². The van der Waals surface area contributed by atoms with Gasteiger partial charge in [0.2, 0.25) is 5.95 Å². The number of benzene rings is 1. The van der Waals surface area contributed by atoms with E-state index in [4.69, 9.17) is 4.74 Å². The molecule has 2 rings (SSSR count). The van der Waals surface area contributed by atoms with Gasteiger partial charge in [0.1, 0.15) is 5.82 Å². The number of hydrogen-bond acceptors (Lipinski definition) is 5.